The van der Waals surface area contributed by atoms with E-state index >= 15 is 0 Å². The number of pyridine rings is 2. The van der Waals surface area contributed by atoms with Crippen LogP contribution in [0.3, 0.4) is 0 Å². The molecule has 0 radical (unpaired) electrons. The van der Waals surface area contributed by atoms with Gasteiger partial charge < -0.3 is 14.6 Å². The molecule has 3 aromatic rings. The van der Waals surface area contributed by atoms with Crippen LogP contribution in [0.15, 0.2) is 29.2 Å². The number of halogens is 6. The number of carbonyl (C=O) groups is 1. The van der Waals surface area contributed by atoms with E-state index in [4.69, 9.17) is 4.74 Å². The lowest BCUT2D eigenvalue weighted by Gasteiger charge is -2.35. The summed E-state index contributed by atoms with van der Waals surface area (Å²) in [5.74, 6) is -0.549. The predicted molar refractivity (Wildman–Crippen MR) is 122 cm³/mol. The van der Waals surface area contributed by atoms with Crippen LogP contribution in [0.2, 0.25) is 0 Å². The molecule has 204 valence electrons. The van der Waals surface area contributed by atoms with E-state index in [2.05, 4.69) is 19.9 Å². The summed E-state index contributed by atoms with van der Waals surface area (Å²) in [5, 5.41) is 0. The second-order valence-corrected chi connectivity index (χ2v) is 9.52. The normalized spacial score (nSPS) is 19.4. The molecule has 3 aromatic heterocycles. The Hall–Kier alpha value is -3.71. The number of aryl methyl sites for hydroxylation is 1. The van der Waals surface area contributed by atoms with Gasteiger partial charge in [-0.25, -0.2) is 15.0 Å². The number of rotatable bonds is 4. The predicted octanol–water partition coefficient (Wildman–Crippen LogP) is 4.84. The first kappa shape index (κ1) is 27.3. The van der Waals surface area contributed by atoms with Crippen LogP contribution in [0.25, 0.3) is 11.0 Å². The third-order valence-electron chi connectivity index (χ3n) is 6.06. The molecule has 8 nitrogen and oxygen atoms in total. The molecule has 0 aliphatic carbocycles. The number of alkyl halides is 6. The van der Waals surface area contributed by atoms with Gasteiger partial charge in [0.05, 0.1) is 16.6 Å². The average molecular weight is 543 g/mol. The van der Waals surface area contributed by atoms with Crippen molar-refractivity contribution >= 4 is 16.9 Å². The summed E-state index contributed by atoms with van der Waals surface area (Å²) in [6.45, 7) is 6.33. The largest absolute Gasteiger partial charge is 0.458 e. The van der Waals surface area contributed by atoms with Gasteiger partial charge in [0.2, 0.25) is 12.0 Å². The lowest BCUT2D eigenvalue weighted by molar-refractivity contribution is -0.202. The summed E-state index contributed by atoms with van der Waals surface area (Å²) < 4.78 is 88.4. The number of piperidine rings is 1. The van der Waals surface area contributed by atoms with Crippen molar-refractivity contribution in [1.29, 1.82) is 0 Å². The quantitative estimate of drug-likeness (QED) is 0.473. The van der Waals surface area contributed by atoms with Gasteiger partial charge in [0.15, 0.2) is 5.52 Å². The Morgan fingerprint density at radius 2 is 1.76 bits per heavy atom. The number of fused-ring (bicyclic) bond motifs is 1. The fourth-order valence-corrected chi connectivity index (χ4v) is 4.61. The van der Waals surface area contributed by atoms with Crippen LogP contribution < -0.4 is 10.3 Å². The van der Waals surface area contributed by atoms with E-state index < -0.39 is 52.2 Å². The fraction of sp³-hybridized carbons (Fsp3) is 0.458. The van der Waals surface area contributed by atoms with Crippen molar-refractivity contribution in [3.63, 3.8) is 0 Å². The number of likely N-dealkylation sites (tertiary alicyclic amines) is 1. The number of hydrogen-bond acceptors (Lipinski definition) is 6. The van der Waals surface area contributed by atoms with Gasteiger partial charge in [0.25, 0.3) is 11.5 Å². The number of amides is 1. The third-order valence-corrected chi connectivity index (χ3v) is 6.06. The van der Waals surface area contributed by atoms with Crippen LogP contribution in [-0.4, -0.2) is 50.0 Å². The van der Waals surface area contributed by atoms with Gasteiger partial charge in [-0.1, -0.05) is 13.8 Å². The zero-order chi connectivity index (χ0) is 28.0. The van der Waals surface area contributed by atoms with Gasteiger partial charge in [-0.3, -0.25) is 9.59 Å². The number of H-pyrrole nitrogens is 1. The molecule has 38 heavy (non-hydrogen) atoms. The van der Waals surface area contributed by atoms with Crippen LogP contribution in [0.5, 0.6) is 5.88 Å². The molecule has 0 bridgehead atoms. The van der Waals surface area contributed by atoms with Crippen LogP contribution >= 0.6 is 0 Å². The van der Waals surface area contributed by atoms with E-state index in [-0.39, 0.29) is 29.1 Å². The summed E-state index contributed by atoms with van der Waals surface area (Å²) in [6.07, 6.45) is -11.9. The summed E-state index contributed by atoms with van der Waals surface area (Å²) in [5.41, 5.74) is -5.47. The molecule has 1 aliphatic heterocycles. The van der Waals surface area contributed by atoms with Crippen LogP contribution in [0.4, 0.5) is 26.3 Å². The Morgan fingerprint density at radius 1 is 1.11 bits per heavy atom. The Balaban J connectivity index is 1.70. The Labute approximate surface area is 212 Å². The smallest absolute Gasteiger partial charge is 0.431 e. The highest BCUT2D eigenvalue weighted by Crippen LogP contribution is 2.42. The molecule has 3 unspecified atom stereocenters. The van der Waals surface area contributed by atoms with Crippen LogP contribution in [0, 0.1) is 18.8 Å². The highest BCUT2D eigenvalue weighted by molar-refractivity contribution is 5.94. The summed E-state index contributed by atoms with van der Waals surface area (Å²) in [6, 6.07) is 2.49. The van der Waals surface area contributed by atoms with Gasteiger partial charge in [0.1, 0.15) is 11.5 Å². The minimum absolute atomic E-state index is 0.0406. The van der Waals surface area contributed by atoms with E-state index in [1.807, 2.05) is 13.8 Å². The van der Waals surface area contributed by atoms with E-state index in [0.29, 0.717) is 19.2 Å². The van der Waals surface area contributed by atoms with E-state index in [0.717, 1.165) is 18.7 Å². The Bertz CT molecular complexity index is 1390. The molecule has 0 spiro atoms. The lowest BCUT2D eigenvalue weighted by atomic mass is 9.91. The van der Waals surface area contributed by atoms with Gasteiger partial charge in [0, 0.05) is 25.4 Å². The SMILES string of the molecule is Cc1nc2cc(C(F)(F)F)c(C(Oc3ccc(C(=O)N4CC(C)CC(C)C4)cn3)C(F)(F)F)nc2c(=O)[nH]1. The van der Waals surface area contributed by atoms with Gasteiger partial charge >= 0.3 is 12.4 Å². The van der Waals surface area contributed by atoms with Crippen molar-refractivity contribution in [3.05, 3.63) is 57.4 Å². The average Bonchev–Trinajstić information content (AvgIpc) is 2.80. The number of carbonyl (C=O) groups excluding carboxylic acids is 1. The minimum atomic E-state index is -5.37. The molecular weight excluding hydrogens is 520 g/mol. The van der Waals surface area contributed by atoms with Crippen molar-refractivity contribution in [1.82, 2.24) is 24.8 Å². The molecule has 1 aliphatic rings. The number of nitrogens with zero attached hydrogens (tertiary/aromatic N) is 4. The Kier molecular flexibility index (Phi) is 7.10. The van der Waals surface area contributed by atoms with E-state index in [1.165, 1.54) is 13.0 Å². The van der Waals surface area contributed by atoms with Crippen molar-refractivity contribution in [3.8, 4) is 5.88 Å². The molecule has 0 saturated carbocycles. The van der Waals surface area contributed by atoms with Gasteiger partial charge in [-0.2, -0.15) is 26.3 Å². The zero-order valence-electron chi connectivity index (χ0n) is 20.4. The highest BCUT2D eigenvalue weighted by atomic mass is 19.4. The Morgan fingerprint density at radius 3 is 2.32 bits per heavy atom. The first-order valence-corrected chi connectivity index (χ1v) is 11.6. The van der Waals surface area contributed by atoms with E-state index in [9.17, 15) is 35.9 Å². The van der Waals surface area contributed by atoms with Crippen molar-refractivity contribution in [2.24, 2.45) is 11.8 Å². The maximum Gasteiger partial charge on any atom is 0.431 e. The fourth-order valence-electron chi connectivity index (χ4n) is 4.61. The number of aromatic nitrogens is 4. The van der Waals surface area contributed by atoms with Crippen molar-refractivity contribution in [2.45, 2.75) is 45.6 Å². The maximum atomic E-state index is 14.0. The van der Waals surface area contributed by atoms with Crippen molar-refractivity contribution < 1.29 is 35.9 Å². The van der Waals surface area contributed by atoms with Gasteiger partial charge in [-0.05, 0) is 37.3 Å². The molecule has 1 fully saturated rings. The molecule has 1 amide bonds. The topological polar surface area (TPSA) is 101 Å². The first-order chi connectivity index (χ1) is 17.6. The van der Waals surface area contributed by atoms with E-state index in [1.54, 1.807) is 4.90 Å². The number of hydrogen-bond donors (Lipinski definition) is 1. The third kappa shape index (κ3) is 5.73. The summed E-state index contributed by atoms with van der Waals surface area (Å²) in [7, 11) is 0. The van der Waals surface area contributed by atoms with Crippen LogP contribution in [-0.2, 0) is 6.18 Å². The molecular formula is C24H23F6N5O3. The molecule has 14 heteroatoms. The highest BCUT2D eigenvalue weighted by Gasteiger charge is 2.49. The standard InChI is InChI=1S/C24H23F6N5O3/c1-11-6-12(2)10-35(9-11)22(37)14-4-5-17(31-8-14)38-20(24(28,29)30)18-15(23(25,26)27)7-16-19(34-18)21(36)33-13(3)32-16/h4-5,7-8,11-12,20H,6,9-10H2,1-3H3,(H,32,33,36). The molecule has 4 rings (SSSR count). The molecule has 1 saturated heterocycles. The van der Waals surface area contributed by atoms with Gasteiger partial charge in [-0.15, -0.1) is 0 Å². The number of aromatic amines is 1. The molecule has 0 aromatic carbocycles. The number of nitrogens with one attached hydrogen (secondary N) is 1. The number of ether oxygens (including phenoxy) is 1. The first-order valence-electron chi connectivity index (χ1n) is 11.6. The monoisotopic (exact) mass is 543 g/mol. The van der Waals surface area contributed by atoms with Crippen LogP contribution in [0.1, 0.15) is 53.8 Å². The molecule has 1 N–H and O–H groups in total. The molecule has 3 atom stereocenters. The minimum Gasteiger partial charge on any atom is -0.458 e. The second kappa shape index (κ2) is 9.87. The lowest BCUT2D eigenvalue weighted by Crippen LogP contribution is -2.42. The second-order valence-electron chi connectivity index (χ2n) is 9.52. The molecule has 4 heterocycles. The summed E-state index contributed by atoms with van der Waals surface area (Å²) in [4.78, 5) is 39.7. The zero-order valence-corrected chi connectivity index (χ0v) is 20.4. The van der Waals surface area contributed by atoms with Crippen molar-refractivity contribution in [2.75, 3.05) is 13.1 Å². The maximum absolute atomic E-state index is 14.0. The summed E-state index contributed by atoms with van der Waals surface area (Å²) >= 11 is 0.